The third kappa shape index (κ3) is 4.11. The Hall–Kier alpha value is -1.78. The average molecular weight is 278 g/mol. The Kier molecular flexibility index (Phi) is 4.82. The molecule has 1 aromatic rings. The maximum absolute atomic E-state index is 11.0. The molecule has 1 aliphatic rings. The van der Waals surface area contributed by atoms with Gasteiger partial charge in [-0.3, -0.25) is 10.1 Å². The number of non-ortho nitro benzene ring substituents is 1. The van der Waals surface area contributed by atoms with Crippen LogP contribution in [-0.4, -0.2) is 17.6 Å². The summed E-state index contributed by atoms with van der Waals surface area (Å²) < 4.78 is 5.56. The van der Waals surface area contributed by atoms with Crippen LogP contribution in [0.15, 0.2) is 18.2 Å². The van der Waals surface area contributed by atoms with Crippen molar-refractivity contribution in [3.05, 3.63) is 28.3 Å². The van der Waals surface area contributed by atoms with E-state index in [-0.39, 0.29) is 16.7 Å². The van der Waals surface area contributed by atoms with Crippen LogP contribution >= 0.6 is 0 Å². The second-order valence-electron chi connectivity index (χ2n) is 5.65. The first-order valence-electron chi connectivity index (χ1n) is 7.24. The molecule has 0 aliphatic heterocycles. The Bertz CT molecular complexity index is 470. The number of nitrogens with one attached hydrogen (secondary N) is 1. The van der Waals surface area contributed by atoms with Gasteiger partial charge in [0.1, 0.15) is 5.75 Å². The van der Waals surface area contributed by atoms with Gasteiger partial charge in [-0.05, 0) is 26.2 Å². The summed E-state index contributed by atoms with van der Waals surface area (Å²) in [5, 5.41) is 14.2. The highest BCUT2D eigenvalue weighted by Crippen LogP contribution is 2.30. The van der Waals surface area contributed by atoms with Crippen LogP contribution in [0.5, 0.6) is 5.75 Å². The lowest BCUT2D eigenvalue weighted by molar-refractivity contribution is -0.384. The van der Waals surface area contributed by atoms with E-state index in [1.54, 1.807) is 6.07 Å². The van der Waals surface area contributed by atoms with Crippen molar-refractivity contribution >= 4 is 11.4 Å². The summed E-state index contributed by atoms with van der Waals surface area (Å²) >= 11 is 0. The van der Waals surface area contributed by atoms with Crippen molar-refractivity contribution in [3.8, 4) is 5.75 Å². The van der Waals surface area contributed by atoms with Gasteiger partial charge in [0.2, 0.25) is 0 Å². The number of anilines is 1. The molecule has 0 heterocycles. The number of nitro groups is 1. The molecule has 1 fully saturated rings. The molecule has 1 saturated carbocycles. The van der Waals surface area contributed by atoms with Gasteiger partial charge in [0.15, 0.2) is 0 Å². The van der Waals surface area contributed by atoms with Crippen LogP contribution in [0.3, 0.4) is 0 Å². The fourth-order valence-corrected chi connectivity index (χ4v) is 2.33. The first-order valence-corrected chi connectivity index (χ1v) is 7.24. The van der Waals surface area contributed by atoms with Gasteiger partial charge in [-0.15, -0.1) is 0 Å². The van der Waals surface area contributed by atoms with E-state index in [4.69, 9.17) is 4.74 Å². The Labute approximate surface area is 119 Å². The minimum Gasteiger partial charge on any atom is -0.491 e. The first-order chi connectivity index (χ1) is 9.54. The summed E-state index contributed by atoms with van der Waals surface area (Å²) in [6.45, 7) is 4.66. The quantitative estimate of drug-likeness (QED) is 0.605. The van der Waals surface area contributed by atoms with E-state index in [9.17, 15) is 10.1 Å². The predicted octanol–water partition coefficient (Wildman–Crippen LogP) is 3.98. The second-order valence-corrected chi connectivity index (χ2v) is 5.65. The molecule has 0 saturated heterocycles. The number of hydrogen-bond donors (Lipinski definition) is 1. The molecular weight excluding hydrogens is 256 g/mol. The highest BCUT2D eigenvalue weighted by molar-refractivity contribution is 5.56. The van der Waals surface area contributed by atoms with Gasteiger partial charge in [0.05, 0.1) is 17.1 Å². The standard InChI is InChI=1S/C15H22N2O3/c1-11(2)20-15-9-13(8-14(10-15)17(18)19)16-7-6-12-4-3-5-12/h8-12,16H,3-7H2,1-2H3. The minimum absolute atomic E-state index is 0.000157. The molecule has 5 heteroatoms. The number of nitrogens with zero attached hydrogens (tertiary/aromatic N) is 1. The molecule has 0 aromatic heterocycles. The summed E-state index contributed by atoms with van der Waals surface area (Å²) in [4.78, 5) is 10.6. The predicted molar refractivity (Wildman–Crippen MR) is 79.3 cm³/mol. The summed E-state index contributed by atoms with van der Waals surface area (Å²) in [7, 11) is 0. The van der Waals surface area contributed by atoms with Crippen LogP contribution in [-0.2, 0) is 0 Å². The fourth-order valence-electron chi connectivity index (χ4n) is 2.33. The molecule has 0 radical (unpaired) electrons. The van der Waals surface area contributed by atoms with Crippen LogP contribution in [0.2, 0.25) is 0 Å². The molecule has 1 aliphatic carbocycles. The van der Waals surface area contributed by atoms with Gasteiger partial charge in [0, 0.05) is 24.4 Å². The Morgan fingerprint density at radius 1 is 1.40 bits per heavy atom. The van der Waals surface area contributed by atoms with Crippen LogP contribution in [0.4, 0.5) is 11.4 Å². The molecule has 1 aromatic carbocycles. The maximum atomic E-state index is 11.0. The number of ether oxygens (including phenoxy) is 1. The lowest BCUT2D eigenvalue weighted by atomic mass is 9.83. The van der Waals surface area contributed by atoms with E-state index >= 15 is 0 Å². The zero-order chi connectivity index (χ0) is 14.5. The van der Waals surface area contributed by atoms with Crippen molar-refractivity contribution in [2.75, 3.05) is 11.9 Å². The Balaban J connectivity index is 2.01. The van der Waals surface area contributed by atoms with Crippen LogP contribution < -0.4 is 10.1 Å². The molecule has 0 spiro atoms. The Morgan fingerprint density at radius 3 is 2.70 bits per heavy atom. The van der Waals surface area contributed by atoms with Crippen LogP contribution in [0.25, 0.3) is 0 Å². The minimum atomic E-state index is -0.385. The summed E-state index contributed by atoms with van der Waals surface area (Å²) in [5.41, 5.74) is 0.823. The zero-order valence-corrected chi connectivity index (χ0v) is 12.1. The van der Waals surface area contributed by atoms with E-state index < -0.39 is 0 Å². The molecule has 20 heavy (non-hydrogen) atoms. The van der Waals surface area contributed by atoms with Crippen molar-refractivity contribution in [3.63, 3.8) is 0 Å². The van der Waals surface area contributed by atoms with Crippen LogP contribution in [0, 0.1) is 16.0 Å². The van der Waals surface area contributed by atoms with Gasteiger partial charge in [-0.1, -0.05) is 19.3 Å². The fraction of sp³-hybridized carbons (Fsp3) is 0.600. The van der Waals surface area contributed by atoms with Gasteiger partial charge in [-0.2, -0.15) is 0 Å². The van der Waals surface area contributed by atoms with Crippen molar-refractivity contribution < 1.29 is 9.66 Å². The van der Waals surface area contributed by atoms with Gasteiger partial charge in [0.25, 0.3) is 5.69 Å². The topological polar surface area (TPSA) is 64.4 Å². The summed E-state index contributed by atoms with van der Waals surface area (Å²) in [6, 6.07) is 4.86. The normalized spacial score (nSPS) is 14.9. The largest absolute Gasteiger partial charge is 0.491 e. The number of rotatable bonds is 7. The monoisotopic (exact) mass is 278 g/mol. The molecule has 0 amide bonds. The first kappa shape index (κ1) is 14.6. The third-order valence-electron chi connectivity index (χ3n) is 3.58. The molecular formula is C15H22N2O3. The number of benzene rings is 1. The molecule has 0 bridgehead atoms. The molecule has 0 unspecified atom stereocenters. The number of nitro benzene ring substituents is 1. The SMILES string of the molecule is CC(C)Oc1cc(NCCC2CCC2)cc([N+](=O)[O-])c1. The molecule has 5 nitrogen and oxygen atoms in total. The highest BCUT2D eigenvalue weighted by Gasteiger charge is 2.17. The molecule has 2 rings (SSSR count). The molecule has 110 valence electrons. The molecule has 0 atom stereocenters. The van der Waals surface area contributed by atoms with E-state index in [1.807, 2.05) is 19.9 Å². The van der Waals surface area contributed by atoms with Crippen molar-refractivity contribution in [1.29, 1.82) is 0 Å². The average Bonchev–Trinajstić information content (AvgIpc) is 2.31. The summed E-state index contributed by atoms with van der Waals surface area (Å²) in [5.74, 6) is 1.37. The van der Waals surface area contributed by atoms with Gasteiger partial charge in [-0.25, -0.2) is 0 Å². The van der Waals surface area contributed by atoms with Crippen molar-refractivity contribution in [1.82, 2.24) is 0 Å². The van der Waals surface area contributed by atoms with E-state index in [0.717, 1.165) is 24.6 Å². The van der Waals surface area contributed by atoms with Crippen molar-refractivity contribution in [2.24, 2.45) is 5.92 Å². The third-order valence-corrected chi connectivity index (χ3v) is 3.58. The van der Waals surface area contributed by atoms with E-state index in [2.05, 4.69) is 5.32 Å². The van der Waals surface area contributed by atoms with Gasteiger partial charge < -0.3 is 10.1 Å². The maximum Gasteiger partial charge on any atom is 0.275 e. The zero-order valence-electron chi connectivity index (χ0n) is 12.1. The van der Waals surface area contributed by atoms with Crippen LogP contribution in [0.1, 0.15) is 39.5 Å². The highest BCUT2D eigenvalue weighted by atomic mass is 16.6. The smallest absolute Gasteiger partial charge is 0.275 e. The van der Waals surface area contributed by atoms with Crippen molar-refractivity contribution in [2.45, 2.75) is 45.6 Å². The van der Waals surface area contributed by atoms with E-state index in [1.165, 1.54) is 25.3 Å². The molecule has 1 N–H and O–H groups in total. The second kappa shape index (κ2) is 6.59. The Morgan fingerprint density at radius 2 is 2.15 bits per heavy atom. The van der Waals surface area contributed by atoms with Gasteiger partial charge >= 0.3 is 0 Å². The van der Waals surface area contributed by atoms with E-state index in [0.29, 0.717) is 5.75 Å². The number of hydrogen-bond acceptors (Lipinski definition) is 4. The summed E-state index contributed by atoms with van der Waals surface area (Å²) in [6.07, 6.45) is 5.10. The lowest BCUT2D eigenvalue weighted by Crippen LogP contribution is -2.15. The lowest BCUT2D eigenvalue weighted by Gasteiger charge is -2.25.